The molecular formula is C19H23N5O3S. The first-order valence-corrected chi connectivity index (χ1v) is 10.6. The number of hydrogen-bond acceptors (Lipinski definition) is 5. The molecule has 0 spiro atoms. The van der Waals surface area contributed by atoms with Crippen molar-refractivity contribution in [2.24, 2.45) is 0 Å². The van der Waals surface area contributed by atoms with Gasteiger partial charge in [0.15, 0.2) is 5.65 Å². The Morgan fingerprint density at radius 1 is 1.18 bits per heavy atom. The number of carbonyl (C=O) groups is 1. The molecule has 1 amide bonds. The molecule has 0 saturated carbocycles. The predicted octanol–water partition coefficient (Wildman–Crippen LogP) is 1.80. The molecule has 2 heterocycles. The summed E-state index contributed by atoms with van der Waals surface area (Å²) in [6, 6.07) is 8.72. The van der Waals surface area contributed by atoms with E-state index in [4.69, 9.17) is 0 Å². The van der Waals surface area contributed by atoms with E-state index in [1.807, 2.05) is 12.1 Å². The molecule has 3 aromatic rings. The van der Waals surface area contributed by atoms with Crippen molar-refractivity contribution in [3.05, 3.63) is 65.1 Å². The Labute approximate surface area is 164 Å². The minimum absolute atomic E-state index is 0.144. The smallest absolute Gasteiger partial charge is 0.257 e. The summed E-state index contributed by atoms with van der Waals surface area (Å²) in [6.45, 7) is 5.50. The van der Waals surface area contributed by atoms with E-state index >= 15 is 0 Å². The summed E-state index contributed by atoms with van der Waals surface area (Å²) in [6.07, 6.45) is 3.34. The maximum atomic E-state index is 12.7. The number of benzene rings is 1. The first kappa shape index (κ1) is 20.0. The van der Waals surface area contributed by atoms with Gasteiger partial charge in [-0.05, 0) is 38.0 Å². The largest absolute Gasteiger partial charge is 0.348 e. The highest BCUT2D eigenvalue weighted by atomic mass is 32.2. The molecule has 3 rings (SSSR count). The SMILES string of the molecule is Cc1nn2cccnc2c1C(=O)NCc1ccccc1CS(=O)(=O)NC(C)C. The van der Waals surface area contributed by atoms with Gasteiger partial charge in [0.1, 0.15) is 5.56 Å². The minimum Gasteiger partial charge on any atom is -0.348 e. The first-order valence-electron chi connectivity index (χ1n) is 8.92. The van der Waals surface area contributed by atoms with Gasteiger partial charge in [0.05, 0.1) is 11.4 Å². The fourth-order valence-electron chi connectivity index (χ4n) is 3.00. The van der Waals surface area contributed by atoms with Crippen molar-refractivity contribution in [3.8, 4) is 0 Å². The Kier molecular flexibility index (Phi) is 5.76. The monoisotopic (exact) mass is 401 g/mol. The lowest BCUT2D eigenvalue weighted by Gasteiger charge is -2.13. The molecule has 2 N–H and O–H groups in total. The summed E-state index contributed by atoms with van der Waals surface area (Å²) in [5, 5.41) is 7.14. The molecular weight excluding hydrogens is 378 g/mol. The van der Waals surface area contributed by atoms with Crippen LogP contribution in [0.25, 0.3) is 5.65 Å². The minimum atomic E-state index is -3.46. The zero-order chi connectivity index (χ0) is 20.3. The molecule has 1 aromatic carbocycles. The second kappa shape index (κ2) is 8.07. The summed E-state index contributed by atoms with van der Waals surface area (Å²) in [5.74, 6) is -0.446. The van der Waals surface area contributed by atoms with Crippen LogP contribution >= 0.6 is 0 Å². The van der Waals surface area contributed by atoms with Gasteiger partial charge in [0.25, 0.3) is 5.91 Å². The van der Waals surface area contributed by atoms with E-state index in [9.17, 15) is 13.2 Å². The van der Waals surface area contributed by atoms with Gasteiger partial charge in [0.2, 0.25) is 10.0 Å². The van der Waals surface area contributed by atoms with Crippen LogP contribution in [0.4, 0.5) is 0 Å². The molecule has 0 fully saturated rings. The van der Waals surface area contributed by atoms with Crippen LogP contribution in [0.3, 0.4) is 0 Å². The molecule has 8 nitrogen and oxygen atoms in total. The van der Waals surface area contributed by atoms with Crippen LogP contribution in [0.2, 0.25) is 0 Å². The van der Waals surface area contributed by atoms with Crippen LogP contribution in [0, 0.1) is 6.92 Å². The number of nitrogens with zero attached hydrogens (tertiary/aromatic N) is 3. The standard InChI is InChI=1S/C19H23N5O3S/c1-13(2)23-28(26,27)12-16-8-5-4-7-15(16)11-21-19(25)17-14(3)22-24-10-6-9-20-18(17)24/h4-10,13,23H,11-12H2,1-3H3,(H,21,25). The van der Waals surface area contributed by atoms with E-state index in [0.29, 0.717) is 22.5 Å². The van der Waals surface area contributed by atoms with E-state index in [1.54, 1.807) is 55.9 Å². The fourth-order valence-corrected chi connectivity index (χ4v) is 4.50. The summed E-state index contributed by atoms with van der Waals surface area (Å²) < 4.78 is 28.7. The van der Waals surface area contributed by atoms with Crippen LogP contribution in [0.5, 0.6) is 0 Å². The van der Waals surface area contributed by atoms with Crippen molar-refractivity contribution in [2.45, 2.75) is 39.1 Å². The average molecular weight is 401 g/mol. The van der Waals surface area contributed by atoms with E-state index < -0.39 is 10.0 Å². The zero-order valence-electron chi connectivity index (χ0n) is 16.0. The van der Waals surface area contributed by atoms with Gasteiger partial charge >= 0.3 is 0 Å². The molecule has 0 aliphatic carbocycles. The molecule has 148 valence electrons. The van der Waals surface area contributed by atoms with Crippen LogP contribution < -0.4 is 10.0 Å². The van der Waals surface area contributed by atoms with Gasteiger partial charge in [0, 0.05) is 25.0 Å². The predicted molar refractivity (Wildman–Crippen MR) is 106 cm³/mol. The summed E-state index contributed by atoms with van der Waals surface area (Å²) in [5.41, 5.74) is 2.85. The highest BCUT2D eigenvalue weighted by Crippen LogP contribution is 2.15. The van der Waals surface area contributed by atoms with Crippen LogP contribution in [0.15, 0.2) is 42.7 Å². The van der Waals surface area contributed by atoms with Crippen molar-refractivity contribution in [1.29, 1.82) is 0 Å². The van der Waals surface area contributed by atoms with E-state index in [0.717, 1.165) is 5.56 Å². The fraction of sp³-hybridized carbons (Fsp3) is 0.316. The number of rotatable bonds is 7. The van der Waals surface area contributed by atoms with Crippen molar-refractivity contribution in [3.63, 3.8) is 0 Å². The van der Waals surface area contributed by atoms with Gasteiger partial charge in [-0.15, -0.1) is 0 Å². The molecule has 0 radical (unpaired) electrons. The molecule has 28 heavy (non-hydrogen) atoms. The van der Waals surface area contributed by atoms with Crippen molar-refractivity contribution >= 4 is 21.6 Å². The maximum Gasteiger partial charge on any atom is 0.257 e. The Hall–Kier alpha value is -2.78. The molecule has 0 atom stereocenters. The lowest BCUT2D eigenvalue weighted by atomic mass is 10.1. The molecule has 2 aromatic heterocycles. The number of carbonyl (C=O) groups excluding carboxylic acids is 1. The summed E-state index contributed by atoms with van der Waals surface area (Å²) in [4.78, 5) is 16.9. The zero-order valence-corrected chi connectivity index (χ0v) is 16.8. The summed E-state index contributed by atoms with van der Waals surface area (Å²) >= 11 is 0. The van der Waals surface area contributed by atoms with Crippen LogP contribution in [0.1, 0.15) is 41.0 Å². The van der Waals surface area contributed by atoms with Gasteiger partial charge in [-0.1, -0.05) is 24.3 Å². The number of fused-ring (bicyclic) bond motifs is 1. The molecule has 0 unspecified atom stereocenters. The lowest BCUT2D eigenvalue weighted by Crippen LogP contribution is -2.32. The Morgan fingerprint density at radius 2 is 1.89 bits per heavy atom. The number of hydrogen-bond donors (Lipinski definition) is 2. The topological polar surface area (TPSA) is 105 Å². The lowest BCUT2D eigenvalue weighted by molar-refractivity contribution is 0.0951. The van der Waals surface area contributed by atoms with Gasteiger partial charge in [-0.3, -0.25) is 4.79 Å². The van der Waals surface area contributed by atoms with Crippen molar-refractivity contribution in [1.82, 2.24) is 24.6 Å². The third kappa shape index (κ3) is 4.55. The third-order valence-corrected chi connectivity index (χ3v) is 5.64. The number of nitrogens with one attached hydrogen (secondary N) is 2. The normalized spacial score (nSPS) is 11.9. The first-order chi connectivity index (χ1) is 13.3. The Morgan fingerprint density at radius 3 is 2.61 bits per heavy atom. The molecule has 0 bridgehead atoms. The second-order valence-electron chi connectivity index (χ2n) is 6.83. The van der Waals surface area contributed by atoms with E-state index in [2.05, 4.69) is 20.1 Å². The van der Waals surface area contributed by atoms with Gasteiger partial charge in [-0.25, -0.2) is 22.6 Å². The van der Waals surface area contributed by atoms with E-state index in [-0.39, 0.29) is 24.2 Å². The highest BCUT2D eigenvalue weighted by molar-refractivity contribution is 7.88. The molecule has 0 aliphatic heterocycles. The molecule has 0 aliphatic rings. The number of aryl methyl sites for hydroxylation is 1. The van der Waals surface area contributed by atoms with Crippen molar-refractivity contribution < 1.29 is 13.2 Å². The molecule has 0 saturated heterocycles. The number of sulfonamides is 1. The van der Waals surface area contributed by atoms with E-state index in [1.165, 1.54) is 0 Å². The third-order valence-electron chi connectivity index (χ3n) is 4.12. The summed E-state index contributed by atoms with van der Waals surface area (Å²) in [7, 11) is -3.46. The van der Waals surface area contributed by atoms with Crippen molar-refractivity contribution in [2.75, 3.05) is 0 Å². The molecule has 9 heteroatoms. The Balaban J connectivity index is 1.78. The number of aromatic nitrogens is 3. The van der Waals surface area contributed by atoms with Crippen LogP contribution in [-0.2, 0) is 22.3 Å². The number of amides is 1. The highest BCUT2D eigenvalue weighted by Gasteiger charge is 2.19. The quantitative estimate of drug-likeness (QED) is 0.628. The van der Waals surface area contributed by atoms with Gasteiger partial charge < -0.3 is 5.32 Å². The van der Waals surface area contributed by atoms with Crippen LogP contribution in [-0.4, -0.2) is 35.0 Å². The van der Waals surface area contributed by atoms with Gasteiger partial charge in [-0.2, -0.15) is 5.10 Å². The maximum absolute atomic E-state index is 12.7. The average Bonchev–Trinajstić information content (AvgIpc) is 2.95. The second-order valence-corrected chi connectivity index (χ2v) is 8.59. The Bertz CT molecular complexity index is 1110.